The van der Waals surface area contributed by atoms with Gasteiger partial charge in [-0.05, 0) is 49.3 Å². The average Bonchev–Trinajstić information content (AvgIpc) is 3.23. The summed E-state index contributed by atoms with van der Waals surface area (Å²) in [7, 11) is 0. The van der Waals surface area contributed by atoms with Crippen molar-refractivity contribution in [2.45, 2.75) is 78.1 Å². The molecule has 1 aliphatic rings. The van der Waals surface area contributed by atoms with Crippen LogP contribution in [0.15, 0.2) is 24.3 Å². The zero-order valence-electron chi connectivity index (χ0n) is 21.2. The van der Waals surface area contributed by atoms with Crippen LogP contribution in [-0.4, -0.2) is 34.9 Å². The number of aromatic amines is 1. The molecule has 1 aliphatic carbocycles. The maximum Gasteiger partial charge on any atom is 0.573 e. The molecule has 1 fully saturated rings. The molecule has 37 heavy (non-hydrogen) atoms. The van der Waals surface area contributed by atoms with E-state index in [-0.39, 0.29) is 41.0 Å². The monoisotopic (exact) mass is 519 g/mol. The van der Waals surface area contributed by atoms with E-state index in [0.717, 1.165) is 18.9 Å². The van der Waals surface area contributed by atoms with Crippen LogP contribution in [-0.2, 0) is 9.59 Å². The molecule has 1 amide bonds. The van der Waals surface area contributed by atoms with Crippen LogP contribution >= 0.6 is 0 Å². The van der Waals surface area contributed by atoms with Gasteiger partial charge in [0.05, 0.1) is 11.8 Å². The second kappa shape index (κ2) is 11.4. The summed E-state index contributed by atoms with van der Waals surface area (Å²) in [6.07, 6.45) is -1.59. The van der Waals surface area contributed by atoms with Crippen molar-refractivity contribution in [3.8, 4) is 11.8 Å². The summed E-state index contributed by atoms with van der Waals surface area (Å²) in [4.78, 5) is 41.4. The van der Waals surface area contributed by atoms with Gasteiger partial charge in [0, 0.05) is 35.6 Å². The number of ketones is 2. The smallest absolute Gasteiger partial charge is 0.405 e. The first kappa shape index (κ1) is 28.2. The fourth-order valence-electron chi connectivity index (χ4n) is 4.84. The lowest BCUT2D eigenvalue weighted by Crippen LogP contribution is -2.42. The number of nitrogens with zero attached hydrogens (tertiary/aromatic N) is 1. The summed E-state index contributed by atoms with van der Waals surface area (Å²) >= 11 is 0. The van der Waals surface area contributed by atoms with Gasteiger partial charge in [-0.15, -0.1) is 13.2 Å². The molecule has 1 aromatic carbocycles. The fraction of sp³-hybridized carbons (Fsp3) is 0.556. The van der Waals surface area contributed by atoms with Crippen molar-refractivity contribution >= 4 is 28.4 Å². The average molecular weight is 520 g/mol. The van der Waals surface area contributed by atoms with Gasteiger partial charge in [0.25, 0.3) is 0 Å². The molecule has 2 N–H and O–H groups in total. The fourth-order valence-corrected chi connectivity index (χ4v) is 4.84. The van der Waals surface area contributed by atoms with Gasteiger partial charge in [0.1, 0.15) is 17.6 Å². The number of carbonyl (C=O) groups excluding carboxylic acids is 3. The molecule has 0 radical (unpaired) electrons. The number of alkyl halides is 3. The Morgan fingerprint density at radius 2 is 1.97 bits per heavy atom. The maximum absolute atomic E-state index is 13.2. The third-order valence-corrected chi connectivity index (χ3v) is 6.49. The number of rotatable bonds is 9. The lowest BCUT2D eigenvalue weighted by molar-refractivity contribution is -0.274. The molecule has 2 aromatic rings. The van der Waals surface area contributed by atoms with Crippen molar-refractivity contribution in [1.29, 1.82) is 5.26 Å². The van der Waals surface area contributed by atoms with Crippen LogP contribution in [0.3, 0.4) is 0 Å². The predicted molar refractivity (Wildman–Crippen MR) is 131 cm³/mol. The number of hydrogen-bond donors (Lipinski definition) is 2. The van der Waals surface area contributed by atoms with Crippen molar-refractivity contribution in [3.05, 3.63) is 30.0 Å². The number of carbonyl (C=O) groups is 3. The van der Waals surface area contributed by atoms with E-state index in [1.54, 1.807) is 0 Å². The van der Waals surface area contributed by atoms with Crippen LogP contribution in [0.2, 0.25) is 0 Å². The summed E-state index contributed by atoms with van der Waals surface area (Å²) < 4.78 is 42.4. The van der Waals surface area contributed by atoms with Crippen molar-refractivity contribution in [1.82, 2.24) is 10.3 Å². The number of ether oxygens (including phenoxy) is 1. The number of halogens is 3. The van der Waals surface area contributed by atoms with Crippen LogP contribution in [0.25, 0.3) is 10.9 Å². The van der Waals surface area contributed by atoms with E-state index in [4.69, 9.17) is 0 Å². The van der Waals surface area contributed by atoms with E-state index in [1.165, 1.54) is 18.2 Å². The van der Waals surface area contributed by atoms with Gasteiger partial charge in [0.15, 0.2) is 5.78 Å². The highest BCUT2D eigenvalue weighted by Crippen LogP contribution is 2.33. The van der Waals surface area contributed by atoms with E-state index in [1.807, 2.05) is 20.8 Å². The Kier molecular flexibility index (Phi) is 8.67. The Labute approximate surface area is 213 Å². The van der Waals surface area contributed by atoms with Gasteiger partial charge in [-0.3, -0.25) is 14.4 Å². The number of amides is 1. The van der Waals surface area contributed by atoms with Crippen LogP contribution in [0.5, 0.6) is 5.75 Å². The topological polar surface area (TPSA) is 112 Å². The SMILES string of the molecule is CC(C)(C)C[C@H](CC(=O)c1cc2c(OC(F)(F)F)cccc2[nH]1)C(=O)N[C@H](C#N)C[C@@H]1CCCCC1=O. The Balaban J connectivity index is 1.76. The molecular weight excluding hydrogens is 487 g/mol. The number of H-pyrrole nitrogens is 1. The zero-order valence-corrected chi connectivity index (χ0v) is 21.2. The van der Waals surface area contributed by atoms with Crippen molar-refractivity contribution in [3.63, 3.8) is 0 Å². The molecule has 7 nitrogen and oxygen atoms in total. The first-order valence-corrected chi connectivity index (χ1v) is 12.4. The molecule has 3 atom stereocenters. The predicted octanol–water partition coefficient (Wildman–Crippen LogP) is 5.85. The zero-order chi connectivity index (χ0) is 27.4. The minimum atomic E-state index is -4.88. The molecular formula is C27H32F3N3O4. The van der Waals surface area contributed by atoms with E-state index in [2.05, 4.69) is 21.1 Å². The Morgan fingerprint density at radius 3 is 2.59 bits per heavy atom. The Hall–Kier alpha value is -3.35. The molecule has 0 aliphatic heterocycles. The van der Waals surface area contributed by atoms with Crippen LogP contribution in [0.4, 0.5) is 13.2 Å². The number of fused-ring (bicyclic) bond motifs is 1. The van der Waals surface area contributed by atoms with E-state index < -0.39 is 35.8 Å². The van der Waals surface area contributed by atoms with Gasteiger partial charge in [0.2, 0.25) is 5.91 Å². The van der Waals surface area contributed by atoms with Gasteiger partial charge >= 0.3 is 6.36 Å². The number of aromatic nitrogens is 1. The Morgan fingerprint density at radius 1 is 1.24 bits per heavy atom. The number of Topliss-reactive ketones (excluding diaryl/α,β-unsaturated/α-hetero) is 2. The van der Waals surface area contributed by atoms with E-state index >= 15 is 0 Å². The summed E-state index contributed by atoms with van der Waals surface area (Å²) in [6.45, 7) is 5.76. The molecule has 200 valence electrons. The van der Waals surface area contributed by atoms with Crippen molar-refractivity contribution in [2.24, 2.45) is 17.3 Å². The molecule has 0 saturated heterocycles. The van der Waals surface area contributed by atoms with E-state index in [0.29, 0.717) is 24.8 Å². The van der Waals surface area contributed by atoms with Gasteiger partial charge in [-0.2, -0.15) is 5.26 Å². The minimum absolute atomic E-state index is 0.0598. The van der Waals surface area contributed by atoms with Crippen LogP contribution < -0.4 is 10.1 Å². The molecule has 0 unspecified atom stereocenters. The second-order valence-electron chi connectivity index (χ2n) is 10.9. The minimum Gasteiger partial charge on any atom is -0.405 e. The van der Waals surface area contributed by atoms with Crippen LogP contribution in [0.1, 0.15) is 76.2 Å². The van der Waals surface area contributed by atoms with Gasteiger partial charge in [-0.25, -0.2) is 0 Å². The molecule has 1 heterocycles. The standard InChI is InChI=1S/C27H32F3N3O4/c1-26(2,3)14-17(25(36)32-18(15-31)11-16-7-4-5-9-22(16)34)12-23(35)21-13-19-20(33-21)8-6-10-24(19)37-27(28,29)30/h6,8,10,13,16-18,33H,4-5,7,9,11-12,14H2,1-3H3,(H,32,36)/t16-,17-,18-/m0/s1. The highest BCUT2D eigenvalue weighted by Gasteiger charge is 2.33. The maximum atomic E-state index is 13.2. The third-order valence-electron chi connectivity index (χ3n) is 6.49. The van der Waals surface area contributed by atoms with Crippen LogP contribution in [0, 0.1) is 28.6 Å². The number of benzene rings is 1. The number of nitrogens with one attached hydrogen (secondary N) is 2. The third kappa shape index (κ3) is 8.07. The summed E-state index contributed by atoms with van der Waals surface area (Å²) in [5, 5.41) is 12.4. The first-order valence-electron chi connectivity index (χ1n) is 12.4. The first-order chi connectivity index (χ1) is 17.3. The molecule has 3 rings (SSSR count). The summed E-state index contributed by atoms with van der Waals surface area (Å²) in [6, 6.07) is 6.56. The molecule has 10 heteroatoms. The number of hydrogen-bond acceptors (Lipinski definition) is 5. The highest BCUT2D eigenvalue weighted by atomic mass is 19.4. The molecule has 0 bridgehead atoms. The van der Waals surface area contributed by atoms with E-state index in [9.17, 15) is 32.8 Å². The lowest BCUT2D eigenvalue weighted by Gasteiger charge is -2.27. The summed E-state index contributed by atoms with van der Waals surface area (Å²) in [5.41, 5.74) is 0.0333. The lowest BCUT2D eigenvalue weighted by atomic mass is 9.81. The normalized spacial score (nSPS) is 18.2. The van der Waals surface area contributed by atoms with Gasteiger partial charge in [-0.1, -0.05) is 33.3 Å². The second-order valence-corrected chi connectivity index (χ2v) is 10.9. The molecule has 1 saturated carbocycles. The highest BCUT2D eigenvalue weighted by molar-refractivity contribution is 6.02. The van der Waals surface area contributed by atoms with Crippen molar-refractivity contribution < 1.29 is 32.3 Å². The Bertz CT molecular complexity index is 1190. The molecule has 1 aromatic heterocycles. The molecule has 0 spiro atoms. The quantitative estimate of drug-likeness (QED) is 0.404. The summed E-state index contributed by atoms with van der Waals surface area (Å²) in [5.74, 6) is -2.28. The van der Waals surface area contributed by atoms with Gasteiger partial charge < -0.3 is 15.0 Å². The largest absolute Gasteiger partial charge is 0.573 e. The number of nitriles is 1. The van der Waals surface area contributed by atoms with Crippen molar-refractivity contribution in [2.75, 3.05) is 0 Å².